The molecule has 0 fully saturated rings. The lowest BCUT2D eigenvalue weighted by atomic mass is 9.90. The molecule has 0 radical (unpaired) electrons. The van der Waals surface area contributed by atoms with Gasteiger partial charge in [0.1, 0.15) is 11.4 Å². The van der Waals surface area contributed by atoms with Gasteiger partial charge in [0.25, 0.3) is 0 Å². The average molecular weight is 281 g/mol. The number of carbonyl (C=O) groups excluding carboxylic acids is 1. The van der Waals surface area contributed by atoms with Gasteiger partial charge in [-0.3, -0.25) is 4.79 Å². The number of carbonyl (C=O) groups is 1. The van der Waals surface area contributed by atoms with E-state index in [0.29, 0.717) is 12.0 Å². The van der Waals surface area contributed by atoms with Crippen molar-refractivity contribution >= 4 is 5.91 Å². The SMILES string of the molecule is CC(C)(C)CCC(=O)NCC(C)(O)c1ccc(F)cc1. The number of nitrogens with one attached hydrogen (secondary N) is 1. The largest absolute Gasteiger partial charge is 0.384 e. The van der Waals surface area contributed by atoms with Crippen LogP contribution in [0.3, 0.4) is 0 Å². The van der Waals surface area contributed by atoms with Crippen LogP contribution < -0.4 is 5.32 Å². The molecule has 1 aromatic carbocycles. The van der Waals surface area contributed by atoms with Gasteiger partial charge in [-0.2, -0.15) is 0 Å². The zero-order valence-electron chi connectivity index (χ0n) is 12.7. The van der Waals surface area contributed by atoms with Gasteiger partial charge in [0.15, 0.2) is 0 Å². The molecular weight excluding hydrogens is 257 g/mol. The van der Waals surface area contributed by atoms with Gasteiger partial charge in [-0.25, -0.2) is 4.39 Å². The molecule has 0 aromatic heterocycles. The summed E-state index contributed by atoms with van der Waals surface area (Å²) in [6, 6.07) is 5.64. The number of halogens is 1. The van der Waals surface area contributed by atoms with Crippen LogP contribution in [0.25, 0.3) is 0 Å². The van der Waals surface area contributed by atoms with Gasteiger partial charge in [0, 0.05) is 6.42 Å². The summed E-state index contributed by atoms with van der Waals surface area (Å²) >= 11 is 0. The third-order valence-corrected chi connectivity index (χ3v) is 3.20. The normalized spacial score (nSPS) is 14.7. The van der Waals surface area contributed by atoms with Crippen molar-refractivity contribution in [1.82, 2.24) is 5.32 Å². The molecule has 4 heteroatoms. The topological polar surface area (TPSA) is 49.3 Å². The Morgan fingerprint density at radius 3 is 2.25 bits per heavy atom. The molecule has 0 heterocycles. The molecular formula is C16H24FNO2. The molecule has 1 unspecified atom stereocenters. The van der Waals surface area contributed by atoms with Gasteiger partial charge < -0.3 is 10.4 Å². The zero-order chi connectivity index (χ0) is 15.4. The Morgan fingerprint density at radius 1 is 1.20 bits per heavy atom. The van der Waals surface area contributed by atoms with Crippen LogP contribution in [-0.2, 0) is 10.4 Å². The number of hydrogen-bond acceptors (Lipinski definition) is 2. The second-order valence-electron chi connectivity index (χ2n) is 6.62. The molecule has 0 aliphatic heterocycles. The Balaban J connectivity index is 2.51. The third kappa shape index (κ3) is 5.70. The second-order valence-corrected chi connectivity index (χ2v) is 6.62. The Bertz CT molecular complexity index is 447. The molecule has 0 saturated carbocycles. The molecule has 1 aromatic rings. The molecule has 1 atom stereocenters. The number of amides is 1. The minimum atomic E-state index is -1.20. The molecule has 0 aliphatic carbocycles. The Hall–Kier alpha value is -1.42. The molecule has 0 bridgehead atoms. The smallest absolute Gasteiger partial charge is 0.220 e. The molecule has 1 amide bonds. The number of benzene rings is 1. The van der Waals surface area contributed by atoms with Gasteiger partial charge in [-0.15, -0.1) is 0 Å². The highest BCUT2D eigenvalue weighted by Crippen LogP contribution is 2.21. The van der Waals surface area contributed by atoms with E-state index in [2.05, 4.69) is 26.1 Å². The maximum absolute atomic E-state index is 12.8. The summed E-state index contributed by atoms with van der Waals surface area (Å²) in [6.45, 7) is 7.95. The van der Waals surface area contributed by atoms with Gasteiger partial charge >= 0.3 is 0 Å². The minimum Gasteiger partial charge on any atom is -0.384 e. The fourth-order valence-electron chi connectivity index (χ4n) is 1.76. The van der Waals surface area contributed by atoms with E-state index in [1.54, 1.807) is 6.92 Å². The lowest BCUT2D eigenvalue weighted by Crippen LogP contribution is -2.38. The summed E-state index contributed by atoms with van der Waals surface area (Å²) in [5.41, 5.74) is -0.517. The zero-order valence-corrected chi connectivity index (χ0v) is 12.7. The van der Waals surface area contributed by atoms with Crippen molar-refractivity contribution in [2.24, 2.45) is 5.41 Å². The van der Waals surface area contributed by atoms with Crippen LogP contribution in [-0.4, -0.2) is 17.6 Å². The van der Waals surface area contributed by atoms with E-state index >= 15 is 0 Å². The van der Waals surface area contributed by atoms with Crippen LogP contribution in [0, 0.1) is 11.2 Å². The van der Waals surface area contributed by atoms with Crippen LogP contribution >= 0.6 is 0 Å². The van der Waals surface area contributed by atoms with Crippen molar-refractivity contribution in [2.75, 3.05) is 6.54 Å². The molecule has 20 heavy (non-hydrogen) atoms. The van der Waals surface area contributed by atoms with Gasteiger partial charge in [-0.05, 0) is 36.5 Å². The Kier molecular flexibility index (Phi) is 5.28. The fraction of sp³-hybridized carbons (Fsp3) is 0.562. The predicted molar refractivity (Wildman–Crippen MR) is 77.7 cm³/mol. The first kappa shape index (κ1) is 16.6. The third-order valence-electron chi connectivity index (χ3n) is 3.20. The predicted octanol–water partition coefficient (Wildman–Crippen LogP) is 2.98. The monoisotopic (exact) mass is 281 g/mol. The standard InChI is InChI=1S/C16H24FNO2/c1-15(2,3)10-9-14(19)18-11-16(4,20)12-5-7-13(17)8-6-12/h5-8,20H,9-11H2,1-4H3,(H,18,19). The van der Waals surface area contributed by atoms with Crippen molar-refractivity contribution in [3.63, 3.8) is 0 Å². The van der Waals surface area contributed by atoms with Crippen LogP contribution in [0.15, 0.2) is 24.3 Å². The summed E-state index contributed by atoms with van der Waals surface area (Å²) in [6.07, 6.45) is 1.22. The highest BCUT2D eigenvalue weighted by Gasteiger charge is 2.24. The Labute approximate surface area is 120 Å². The lowest BCUT2D eigenvalue weighted by molar-refractivity contribution is -0.122. The average Bonchev–Trinajstić information content (AvgIpc) is 2.34. The van der Waals surface area contributed by atoms with E-state index in [-0.39, 0.29) is 23.7 Å². The van der Waals surface area contributed by atoms with Gasteiger partial charge in [-0.1, -0.05) is 32.9 Å². The number of rotatable bonds is 5. The molecule has 1 rings (SSSR count). The number of hydrogen-bond donors (Lipinski definition) is 2. The van der Waals surface area contributed by atoms with Crippen molar-refractivity contribution in [3.8, 4) is 0 Å². The molecule has 0 spiro atoms. The molecule has 0 saturated heterocycles. The second kappa shape index (κ2) is 6.35. The van der Waals surface area contributed by atoms with Crippen LogP contribution in [0.4, 0.5) is 4.39 Å². The van der Waals surface area contributed by atoms with Crippen molar-refractivity contribution < 1.29 is 14.3 Å². The van der Waals surface area contributed by atoms with Crippen LogP contribution in [0.5, 0.6) is 0 Å². The highest BCUT2D eigenvalue weighted by atomic mass is 19.1. The van der Waals surface area contributed by atoms with Crippen LogP contribution in [0.2, 0.25) is 0 Å². The maximum Gasteiger partial charge on any atom is 0.220 e. The van der Waals surface area contributed by atoms with E-state index in [1.165, 1.54) is 24.3 Å². The fourth-order valence-corrected chi connectivity index (χ4v) is 1.76. The first-order valence-electron chi connectivity index (χ1n) is 6.85. The van der Waals surface area contributed by atoms with Gasteiger partial charge in [0.2, 0.25) is 5.91 Å². The summed E-state index contributed by atoms with van der Waals surface area (Å²) < 4.78 is 12.8. The van der Waals surface area contributed by atoms with Gasteiger partial charge in [0.05, 0.1) is 6.54 Å². The van der Waals surface area contributed by atoms with E-state index in [4.69, 9.17) is 0 Å². The quantitative estimate of drug-likeness (QED) is 0.871. The molecule has 0 aliphatic rings. The van der Waals surface area contributed by atoms with E-state index < -0.39 is 5.60 Å². The van der Waals surface area contributed by atoms with E-state index in [0.717, 1.165) is 6.42 Å². The minimum absolute atomic E-state index is 0.0812. The van der Waals surface area contributed by atoms with E-state index in [9.17, 15) is 14.3 Å². The summed E-state index contributed by atoms with van der Waals surface area (Å²) in [5, 5.41) is 13.0. The molecule has 3 nitrogen and oxygen atoms in total. The number of aliphatic hydroxyl groups is 1. The first-order chi connectivity index (χ1) is 9.10. The highest BCUT2D eigenvalue weighted by molar-refractivity contribution is 5.76. The summed E-state index contributed by atoms with van der Waals surface area (Å²) in [4.78, 5) is 11.7. The van der Waals surface area contributed by atoms with Crippen molar-refractivity contribution in [2.45, 2.75) is 46.1 Å². The lowest BCUT2D eigenvalue weighted by Gasteiger charge is -2.25. The first-order valence-corrected chi connectivity index (χ1v) is 6.85. The Morgan fingerprint density at radius 2 is 1.75 bits per heavy atom. The summed E-state index contributed by atoms with van der Waals surface area (Å²) in [5.74, 6) is -0.430. The molecule has 112 valence electrons. The summed E-state index contributed by atoms with van der Waals surface area (Å²) in [7, 11) is 0. The van der Waals surface area contributed by atoms with Crippen molar-refractivity contribution in [3.05, 3.63) is 35.6 Å². The van der Waals surface area contributed by atoms with E-state index in [1.807, 2.05) is 0 Å². The van der Waals surface area contributed by atoms with Crippen molar-refractivity contribution in [1.29, 1.82) is 0 Å². The van der Waals surface area contributed by atoms with Crippen LogP contribution in [0.1, 0.15) is 46.1 Å². The maximum atomic E-state index is 12.8. The molecule has 2 N–H and O–H groups in total.